The third-order valence-corrected chi connectivity index (χ3v) is 4.18. The smallest absolute Gasteiger partial charge is 0.399 e. The number of benzene rings is 1. The molecule has 1 heterocycles. The minimum Gasteiger partial charge on any atom is -0.399 e. The number of anilines is 1. The normalized spacial score (nSPS) is 19.1. The molecule has 1 saturated heterocycles. The highest BCUT2D eigenvalue weighted by Crippen LogP contribution is 2.36. The Bertz CT molecular complexity index is 574. The van der Waals surface area contributed by atoms with Crippen LogP contribution < -0.4 is 10.8 Å². The summed E-state index contributed by atoms with van der Waals surface area (Å²) < 4.78 is 26.4. The first-order valence-electron chi connectivity index (χ1n) is 7.17. The second kappa shape index (κ2) is 5.55. The van der Waals surface area contributed by atoms with Gasteiger partial charge in [-0.05, 0) is 33.8 Å². The van der Waals surface area contributed by atoms with E-state index < -0.39 is 30.2 Å². The molecule has 0 atom stereocenters. The first-order chi connectivity index (χ1) is 10.0. The van der Waals surface area contributed by atoms with E-state index in [0.29, 0.717) is 0 Å². The minimum absolute atomic E-state index is 0.103. The highest BCUT2D eigenvalue weighted by Gasteiger charge is 2.52. The number of urea groups is 1. The fourth-order valence-electron chi connectivity index (χ4n) is 2.03. The lowest BCUT2D eigenvalue weighted by Gasteiger charge is -2.32. The predicted octanol–water partition coefficient (Wildman–Crippen LogP) is 2.22. The molecular weight excluding hydrogens is 286 g/mol. The summed E-state index contributed by atoms with van der Waals surface area (Å²) in [5.74, 6) is -0.545. The van der Waals surface area contributed by atoms with Gasteiger partial charge >= 0.3 is 13.1 Å². The predicted molar refractivity (Wildman–Crippen MR) is 84.8 cm³/mol. The summed E-state index contributed by atoms with van der Waals surface area (Å²) in [5.41, 5.74) is -0.721. The molecule has 0 spiro atoms. The van der Waals surface area contributed by atoms with Crippen molar-refractivity contribution in [3.8, 4) is 0 Å². The number of halogens is 1. The molecule has 0 saturated carbocycles. The zero-order valence-corrected chi connectivity index (χ0v) is 13.9. The summed E-state index contributed by atoms with van der Waals surface area (Å²) in [4.78, 5) is 13.0. The average Bonchev–Trinajstić information content (AvgIpc) is 2.60. The van der Waals surface area contributed by atoms with Gasteiger partial charge in [-0.25, -0.2) is 9.18 Å². The van der Waals surface area contributed by atoms with Gasteiger partial charge in [-0.1, -0.05) is 12.1 Å². The lowest BCUT2D eigenvalue weighted by atomic mass is 9.78. The van der Waals surface area contributed by atoms with Crippen molar-refractivity contribution in [3.05, 3.63) is 24.0 Å². The average molecular weight is 308 g/mol. The van der Waals surface area contributed by atoms with Crippen molar-refractivity contribution >= 4 is 24.3 Å². The van der Waals surface area contributed by atoms with Gasteiger partial charge < -0.3 is 19.5 Å². The lowest BCUT2D eigenvalue weighted by Crippen LogP contribution is -2.41. The molecular formula is C15H22BFN2O3. The lowest BCUT2D eigenvalue weighted by molar-refractivity contribution is 0.00578. The largest absolute Gasteiger partial charge is 0.497 e. The van der Waals surface area contributed by atoms with Crippen molar-refractivity contribution in [1.29, 1.82) is 0 Å². The van der Waals surface area contributed by atoms with Crippen LogP contribution in [0, 0.1) is 5.82 Å². The Morgan fingerprint density at radius 3 is 2.23 bits per heavy atom. The second-order valence-corrected chi connectivity index (χ2v) is 6.62. The van der Waals surface area contributed by atoms with E-state index in [4.69, 9.17) is 9.31 Å². The number of carbonyl (C=O) groups is 1. The molecule has 2 rings (SSSR count). The summed E-state index contributed by atoms with van der Waals surface area (Å²) in [6, 6.07) is 4.37. The Kier molecular flexibility index (Phi) is 4.23. The highest BCUT2D eigenvalue weighted by atomic mass is 19.1. The van der Waals surface area contributed by atoms with Gasteiger partial charge in [0.05, 0.1) is 16.9 Å². The molecule has 7 heteroatoms. The maximum atomic E-state index is 14.7. The first kappa shape index (κ1) is 16.8. The minimum atomic E-state index is -0.804. The van der Waals surface area contributed by atoms with Crippen LogP contribution in [0.25, 0.3) is 0 Å². The molecule has 1 aliphatic rings. The SMILES string of the molecule is CN(C)C(=O)Nc1cccc(B2OC(C)(C)C(C)(C)O2)c1F. The third kappa shape index (κ3) is 2.96. The van der Waals surface area contributed by atoms with E-state index in [1.807, 2.05) is 27.7 Å². The highest BCUT2D eigenvalue weighted by molar-refractivity contribution is 6.62. The van der Waals surface area contributed by atoms with Crippen molar-refractivity contribution < 1.29 is 18.5 Å². The van der Waals surface area contributed by atoms with Crippen LogP contribution in [0.15, 0.2) is 18.2 Å². The number of amides is 2. The molecule has 0 radical (unpaired) electrons. The summed E-state index contributed by atoms with van der Waals surface area (Å²) in [5, 5.41) is 2.52. The van der Waals surface area contributed by atoms with Crippen molar-refractivity contribution in [2.75, 3.05) is 19.4 Å². The maximum absolute atomic E-state index is 14.7. The number of carbonyl (C=O) groups excluding carboxylic acids is 1. The Morgan fingerprint density at radius 1 is 1.18 bits per heavy atom. The van der Waals surface area contributed by atoms with Gasteiger partial charge in [-0.2, -0.15) is 0 Å². The topological polar surface area (TPSA) is 50.8 Å². The van der Waals surface area contributed by atoms with E-state index in [-0.39, 0.29) is 11.2 Å². The standard InChI is InChI=1S/C15H22BFN2O3/c1-14(2)15(3,4)22-16(21-14)10-8-7-9-11(12(10)17)18-13(20)19(5)6/h7-9H,1-6H3,(H,18,20). The zero-order chi connectivity index (χ0) is 16.7. The fourth-order valence-corrected chi connectivity index (χ4v) is 2.03. The summed E-state index contributed by atoms with van der Waals surface area (Å²) >= 11 is 0. The van der Waals surface area contributed by atoms with Gasteiger partial charge in [0.2, 0.25) is 0 Å². The number of nitrogens with zero attached hydrogens (tertiary/aromatic N) is 1. The molecule has 1 fully saturated rings. The number of hydrogen-bond donors (Lipinski definition) is 1. The van der Waals surface area contributed by atoms with Crippen LogP contribution in [0.4, 0.5) is 14.9 Å². The Hall–Kier alpha value is -1.60. The monoisotopic (exact) mass is 308 g/mol. The Balaban J connectivity index is 2.29. The van der Waals surface area contributed by atoms with E-state index in [1.54, 1.807) is 26.2 Å². The van der Waals surface area contributed by atoms with E-state index in [2.05, 4.69) is 5.32 Å². The van der Waals surface area contributed by atoms with Gasteiger partial charge in [0, 0.05) is 19.6 Å². The van der Waals surface area contributed by atoms with Crippen LogP contribution in [0.3, 0.4) is 0 Å². The van der Waals surface area contributed by atoms with Gasteiger partial charge in [-0.3, -0.25) is 0 Å². The number of hydrogen-bond acceptors (Lipinski definition) is 3. The van der Waals surface area contributed by atoms with Crippen molar-refractivity contribution in [2.24, 2.45) is 0 Å². The molecule has 120 valence electrons. The van der Waals surface area contributed by atoms with Crippen LogP contribution in [0.2, 0.25) is 0 Å². The van der Waals surface area contributed by atoms with Crippen LogP contribution in [-0.2, 0) is 9.31 Å². The molecule has 0 aromatic heterocycles. The summed E-state index contributed by atoms with van der Waals surface area (Å²) in [7, 11) is 2.37. The molecule has 1 N–H and O–H groups in total. The zero-order valence-electron chi connectivity index (χ0n) is 13.9. The van der Waals surface area contributed by atoms with Crippen LogP contribution >= 0.6 is 0 Å². The summed E-state index contributed by atoms with van der Waals surface area (Å²) in [6.07, 6.45) is 0. The molecule has 2 amide bonds. The molecule has 0 aliphatic carbocycles. The van der Waals surface area contributed by atoms with Crippen LogP contribution in [0.1, 0.15) is 27.7 Å². The third-order valence-electron chi connectivity index (χ3n) is 4.18. The van der Waals surface area contributed by atoms with Gasteiger partial charge in [-0.15, -0.1) is 0 Å². The van der Waals surface area contributed by atoms with E-state index >= 15 is 0 Å². The first-order valence-corrected chi connectivity index (χ1v) is 7.17. The molecule has 22 heavy (non-hydrogen) atoms. The number of nitrogens with one attached hydrogen (secondary N) is 1. The Labute approximate surface area is 130 Å². The van der Waals surface area contributed by atoms with Crippen molar-refractivity contribution in [2.45, 2.75) is 38.9 Å². The quantitative estimate of drug-likeness (QED) is 0.852. The van der Waals surface area contributed by atoms with Crippen LogP contribution in [-0.4, -0.2) is 43.3 Å². The Morgan fingerprint density at radius 2 is 1.73 bits per heavy atom. The van der Waals surface area contributed by atoms with Gasteiger partial charge in [0.15, 0.2) is 0 Å². The molecule has 1 aromatic rings. The molecule has 1 aromatic carbocycles. The van der Waals surface area contributed by atoms with E-state index in [9.17, 15) is 9.18 Å². The second-order valence-electron chi connectivity index (χ2n) is 6.62. The number of rotatable bonds is 2. The van der Waals surface area contributed by atoms with E-state index in [1.165, 1.54) is 11.0 Å². The molecule has 5 nitrogen and oxygen atoms in total. The summed E-state index contributed by atoms with van der Waals surface area (Å²) in [6.45, 7) is 7.62. The van der Waals surface area contributed by atoms with Crippen molar-refractivity contribution in [3.63, 3.8) is 0 Å². The molecule has 0 bridgehead atoms. The van der Waals surface area contributed by atoms with E-state index in [0.717, 1.165) is 0 Å². The van der Waals surface area contributed by atoms with Crippen LogP contribution in [0.5, 0.6) is 0 Å². The fraction of sp³-hybridized carbons (Fsp3) is 0.533. The van der Waals surface area contributed by atoms with Gasteiger partial charge in [0.1, 0.15) is 5.82 Å². The molecule has 1 aliphatic heterocycles. The maximum Gasteiger partial charge on any atom is 0.497 e. The molecule has 0 unspecified atom stereocenters. The van der Waals surface area contributed by atoms with Crippen molar-refractivity contribution in [1.82, 2.24) is 4.90 Å². The van der Waals surface area contributed by atoms with Gasteiger partial charge in [0.25, 0.3) is 0 Å².